The molecule has 1 aromatic heterocycles. The van der Waals surface area contributed by atoms with Crippen molar-refractivity contribution in [3.05, 3.63) is 17.0 Å². The maximum absolute atomic E-state index is 11.7. The van der Waals surface area contributed by atoms with E-state index in [0.29, 0.717) is 13.0 Å². The number of carbonyl (C=O) groups is 3. The van der Waals surface area contributed by atoms with Crippen molar-refractivity contribution in [2.45, 2.75) is 40.0 Å². The SMILES string of the molecule is CCCNC(=O)NC(=O)COC(=O)CCc1c(C)nn(C)c1C. The highest BCUT2D eigenvalue weighted by atomic mass is 16.5. The molecule has 0 aromatic carbocycles. The smallest absolute Gasteiger partial charge is 0.321 e. The molecule has 0 unspecified atom stereocenters. The Labute approximate surface area is 135 Å². The summed E-state index contributed by atoms with van der Waals surface area (Å²) in [4.78, 5) is 34.4. The third-order valence-electron chi connectivity index (χ3n) is 3.39. The Balaban J connectivity index is 2.31. The van der Waals surface area contributed by atoms with Crippen molar-refractivity contribution >= 4 is 17.9 Å². The van der Waals surface area contributed by atoms with Gasteiger partial charge in [0.05, 0.1) is 5.69 Å². The van der Waals surface area contributed by atoms with Gasteiger partial charge in [-0.05, 0) is 32.3 Å². The second kappa shape index (κ2) is 8.92. The number of nitrogens with one attached hydrogen (secondary N) is 2. The van der Waals surface area contributed by atoms with Gasteiger partial charge in [0.2, 0.25) is 0 Å². The van der Waals surface area contributed by atoms with Gasteiger partial charge in [-0.25, -0.2) is 4.79 Å². The highest BCUT2D eigenvalue weighted by Gasteiger charge is 2.14. The van der Waals surface area contributed by atoms with Crippen LogP contribution in [0.3, 0.4) is 0 Å². The summed E-state index contributed by atoms with van der Waals surface area (Å²) in [5.41, 5.74) is 2.89. The van der Waals surface area contributed by atoms with E-state index in [4.69, 9.17) is 4.74 Å². The van der Waals surface area contributed by atoms with Gasteiger partial charge in [-0.2, -0.15) is 5.10 Å². The molecule has 1 heterocycles. The van der Waals surface area contributed by atoms with Gasteiger partial charge >= 0.3 is 12.0 Å². The summed E-state index contributed by atoms with van der Waals surface area (Å²) in [6.07, 6.45) is 1.43. The lowest BCUT2D eigenvalue weighted by molar-refractivity contribution is -0.148. The first kappa shape index (κ1) is 18.7. The Morgan fingerprint density at radius 3 is 2.52 bits per heavy atom. The summed E-state index contributed by atoms with van der Waals surface area (Å²) in [5.74, 6) is -1.14. The normalized spacial score (nSPS) is 10.3. The topological polar surface area (TPSA) is 102 Å². The number of ether oxygens (including phenoxy) is 1. The van der Waals surface area contributed by atoms with Crippen molar-refractivity contribution in [1.82, 2.24) is 20.4 Å². The van der Waals surface area contributed by atoms with Crippen LogP contribution in [0.1, 0.15) is 36.7 Å². The molecular formula is C15H24N4O4. The van der Waals surface area contributed by atoms with E-state index in [1.54, 1.807) is 4.68 Å². The van der Waals surface area contributed by atoms with Gasteiger partial charge in [-0.1, -0.05) is 6.92 Å². The van der Waals surface area contributed by atoms with Gasteiger partial charge in [0.25, 0.3) is 5.91 Å². The molecule has 8 nitrogen and oxygen atoms in total. The fraction of sp³-hybridized carbons (Fsp3) is 0.600. The van der Waals surface area contributed by atoms with E-state index in [1.807, 2.05) is 27.8 Å². The molecule has 23 heavy (non-hydrogen) atoms. The van der Waals surface area contributed by atoms with E-state index in [-0.39, 0.29) is 6.42 Å². The van der Waals surface area contributed by atoms with Crippen LogP contribution in [-0.4, -0.2) is 40.8 Å². The third-order valence-corrected chi connectivity index (χ3v) is 3.39. The van der Waals surface area contributed by atoms with Crippen molar-refractivity contribution in [1.29, 1.82) is 0 Å². The van der Waals surface area contributed by atoms with Crippen LogP contribution in [-0.2, 0) is 27.8 Å². The number of urea groups is 1. The molecule has 0 aliphatic rings. The number of carbonyl (C=O) groups excluding carboxylic acids is 3. The fourth-order valence-corrected chi connectivity index (χ4v) is 2.07. The zero-order valence-corrected chi connectivity index (χ0v) is 14.1. The zero-order valence-electron chi connectivity index (χ0n) is 14.1. The summed E-state index contributed by atoms with van der Waals surface area (Å²) in [7, 11) is 1.85. The number of aromatic nitrogens is 2. The first-order chi connectivity index (χ1) is 10.8. The monoisotopic (exact) mass is 324 g/mol. The Morgan fingerprint density at radius 2 is 1.96 bits per heavy atom. The van der Waals surface area contributed by atoms with Crippen molar-refractivity contribution in [2.24, 2.45) is 7.05 Å². The summed E-state index contributed by atoms with van der Waals surface area (Å²) in [6.45, 7) is 5.72. The van der Waals surface area contributed by atoms with Gasteiger partial charge in [-0.15, -0.1) is 0 Å². The number of nitrogens with zero attached hydrogens (tertiary/aromatic N) is 2. The molecule has 0 fully saturated rings. The lowest BCUT2D eigenvalue weighted by atomic mass is 10.1. The molecule has 0 spiro atoms. The maximum atomic E-state index is 11.7. The number of amides is 3. The largest absolute Gasteiger partial charge is 0.456 e. The lowest BCUT2D eigenvalue weighted by Crippen LogP contribution is -2.41. The second-order valence-corrected chi connectivity index (χ2v) is 5.24. The minimum Gasteiger partial charge on any atom is -0.456 e. The van der Waals surface area contributed by atoms with Crippen LogP contribution < -0.4 is 10.6 Å². The van der Waals surface area contributed by atoms with Crippen LogP contribution in [0.5, 0.6) is 0 Å². The molecule has 0 radical (unpaired) electrons. The molecule has 1 aromatic rings. The molecule has 1 rings (SSSR count). The standard InChI is InChI=1S/C15H24N4O4/c1-5-8-16-15(22)17-13(20)9-23-14(21)7-6-12-10(2)18-19(4)11(12)3/h5-9H2,1-4H3,(H2,16,17,20,22). The number of imide groups is 1. The van der Waals surface area contributed by atoms with Crippen LogP contribution in [0.2, 0.25) is 0 Å². The van der Waals surface area contributed by atoms with E-state index < -0.39 is 24.5 Å². The zero-order chi connectivity index (χ0) is 17.4. The molecule has 0 bridgehead atoms. The van der Waals surface area contributed by atoms with E-state index in [9.17, 15) is 14.4 Å². The summed E-state index contributed by atoms with van der Waals surface area (Å²) in [5, 5.41) is 8.85. The molecule has 0 aliphatic heterocycles. The molecule has 0 saturated carbocycles. The first-order valence-corrected chi connectivity index (χ1v) is 7.57. The van der Waals surface area contributed by atoms with E-state index >= 15 is 0 Å². The molecule has 0 saturated heterocycles. The number of rotatable bonds is 7. The predicted molar refractivity (Wildman–Crippen MR) is 83.8 cm³/mol. The number of hydrogen-bond acceptors (Lipinski definition) is 5. The molecule has 0 atom stereocenters. The number of hydrogen-bond donors (Lipinski definition) is 2. The number of esters is 1. The highest BCUT2D eigenvalue weighted by molar-refractivity contribution is 5.95. The molecule has 8 heteroatoms. The van der Waals surface area contributed by atoms with Crippen molar-refractivity contribution in [2.75, 3.05) is 13.2 Å². The van der Waals surface area contributed by atoms with Gasteiger partial charge < -0.3 is 10.1 Å². The molecule has 3 amide bonds. The number of aryl methyl sites for hydroxylation is 2. The second-order valence-electron chi connectivity index (χ2n) is 5.24. The Bertz CT molecular complexity index is 580. The van der Waals surface area contributed by atoms with Gasteiger partial charge in [0.1, 0.15) is 0 Å². The van der Waals surface area contributed by atoms with E-state index in [2.05, 4.69) is 15.7 Å². The maximum Gasteiger partial charge on any atom is 0.321 e. The summed E-state index contributed by atoms with van der Waals surface area (Å²) in [6, 6.07) is -0.588. The lowest BCUT2D eigenvalue weighted by Gasteiger charge is -2.07. The van der Waals surface area contributed by atoms with Gasteiger partial charge in [-0.3, -0.25) is 19.6 Å². The van der Waals surface area contributed by atoms with Gasteiger partial charge in [0, 0.05) is 25.7 Å². The quantitative estimate of drug-likeness (QED) is 0.721. The molecule has 0 aliphatic carbocycles. The summed E-state index contributed by atoms with van der Waals surface area (Å²) < 4.78 is 6.62. The van der Waals surface area contributed by atoms with E-state index in [0.717, 1.165) is 23.4 Å². The Kier molecular flexibility index (Phi) is 7.24. The minimum absolute atomic E-state index is 0.155. The Hall–Kier alpha value is -2.38. The summed E-state index contributed by atoms with van der Waals surface area (Å²) >= 11 is 0. The fourth-order valence-electron chi connectivity index (χ4n) is 2.07. The first-order valence-electron chi connectivity index (χ1n) is 7.57. The van der Waals surface area contributed by atoms with E-state index in [1.165, 1.54) is 0 Å². The highest BCUT2D eigenvalue weighted by Crippen LogP contribution is 2.14. The predicted octanol–water partition coefficient (Wildman–Crippen LogP) is 0.749. The van der Waals surface area contributed by atoms with Crippen LogP contribution in [0.15, 0.2) is 0 Å². The van der Waals surface area contributed by atoms with Gasteiger partial charge in [0.15, 0.2) is 6.61 Å². The van der Waals surface area contributed by atoms with Crippen molar-refractivity contribution in [3.8, 4) is 0 Å². The Morgan fingerprint density at radius 1 is 1.26 bits per heavy atom. The van der Waals surface area contributed by atoms with Crippen LogP contribution >= 0.6 is 0 Å². The van der Waals surface area contributed by atoms with Crippen molar-refractivity contribution < 1.29 is 19.1 Å². The average molecular weight is 324 g/mol. The molecular weight excluding hydrogens is 300 g/mol. The molecule has 128 valence electrons. The van der Waals surface area contributed by atoms with Crippen LogP contribution in [0, 0.1) is 13.8 Å². The van der Waals surface area contributed by atoms with Crippen LogP contribution in [0.25, 0.3) is 0 Å². The van der Waals surface area contributed by atoms with Crippen molar-refractivity contribution in [3.63, 3.8) is 0 Å². The average Bonchev–Trinajstić information content (AvgIpc) is 2.74. The molecule has 2 N–H and O–H groups in total. The minimum atomic E-state index is -0.652. The third kappa shape index (κ3) is 6.09. The van der Waals surface area contributed by atoms with Crippen LogP contribution in [0.4, 0.5) is 4.79 Å².